The van der Waals surface area contributed by atoms with Gasteiger partial charge in [0.15, 0.2) is 5.78 Å². The molecule has 1 rings (SSSR count). The van der Waals surface area contributed by atoms with Gasteiger partial charge in [-0.15, -0.1) is 0 Å². The van der Waals surface area contributed by atoms with Gasteiger partial charge in [-0.1, -0.05) is 28.1 Å². The highest BCUT2D eigenvalue weighted by Crippen LogP contribution is 2.14. The lowest BCUT2D eigenvalue weighted by molar-refractivity contribution is 0.0467. The number of hydrogen-bond acceptors (Lipinski definition) is 4. The highest BCUT2D eigenvalue weighted by Gasteiger charge is 2.24. The highest BCUT2D eigenvalue weighted by molar-refractivity contribution is 9.10. The van der Waals surface area contributed by atoms with Crippen molar-refractivity contribution in [3.8, 4) is 0 Å². The van der Waals surface area contributed by atoms with Gasteiger partial charge < -0.3 is 15.2 Å². The Morgan fingerprint density at radius 2 is 2.05 bits per heavy atom. The van der Waals surface area contributed by atoms with Crippen LogP contribution in [0.4, 0.5) is 4.79 Å². The standard InChI is InChI=1S/C14H18BrNO4/c1-14(2,3)20-13(19)16-11(8-17)12(18)9-5-4-6-10(15)7-9/h4-7,11,17H,8H2,1-3H3,(H,16,19). The SMILES string of the molecule is CC(C)(C)OC(=O)NC(CO)C(=O)c1cccc(Br)c1. The summed E-state index contributed by atoms with van der Waals surface area (Å²) in [5.41, 5.74) is -0.266. The Hall–Kier alpha value is -1.40. The number of carbonyl (C=O) groups excluding carboxylic acids is 2. The second-order valence-corrected chi connectivity index (χ2v) is 6.17. The number of nitrogens with one attached hydrogen (secondary N) is 1. The number of Topliss-reactive ketones (excluding diaryl/α,β-unsaturated/α-hetero) is 1. The van der Waals surface area contributed by atoms with E-state index in [1.54, 1.807) is 45.0 Å². The van der Waals surface area contributed by atoms with Gasteiger partial charge in [-0.05, 0) is 32.9 Å². The summed E-state index contributed by atoms with van der Waals surface area (Å²) in [6.07, 6.45) is -0.736. The predicted octanol–water partition coefficient (Wildman–Crippen LogP) is 2.52. The van der Waals surface area contributed by atoms with Crippen LogP contribution >= 0.6 is 15.9 Å². The number of aliphatic hydroxyl groups is 1. The van der Waals surface area contributed by atoms with E-state index in [4.69, 9.17) is 4.74 Å². The summed E-state index contributed by atoms with van der Waals surface area (Å²) in [6, 6.07) is 5.71. The van der Waals surface area contributed by atoms with Gasteiger partial charge in [0.25, 0.3) is 0 Å². The number of halogens is 1. The van der Waals surface area contributed by atoms with Gasteiger partial charge in [0, 0.05) is 10.0 Å². The fourth-order valence-corrected chi connectivity index (χ4v) is 1.89. The smallest absolute Gasteiger partial charge is 0.408 e. The molecule has 0 saturated carbocycles. The molecule has 5 nitrogen and oxygen atoms in total. The zero-order chi connectivity index (χ0) is 15.3. The molecule has 0 spiro atoms. The van der Waals surface area contributed by atoms with Crippen LogP contribution in [-0.4, -0.2) is 35.2 Å². The molecule has 1 atom stereocenters. The zero-order valence-corrected chi connectivity index (χ0v) is 13.2. The average molecular weight is 344 g/mol. The Morgan fingerprint density at radius 3 is 2.55 bits per heavy atom. The topological polar surface area (TPSA) is 75.6 Å². The zero-order valence-electron chi connectivity index (χ0n) is 11.6. The maximum Gasteiger partial charge on any atom is 0.408 e. The van der Waals surface area contributed by atoms with Crippen molar-refractivity contribution in [2.45, 2.75) is 32.4 Å². The van der Waals surface area contributed by atoms with E-state index in [9.17, 15) is 14.7 Å². The minimum Gasteiger partial charge on any atom is -0.444 e. The fraction of sp³-hybridized carbons (Fsp3) is 0.429. The van der Waals surface area contributed by atoms with Crippen molar-refractivity contribution in [2.75, 3.05) is 6.61 Å². The van der Waals surface area contributed by atoms with Crippen LogP contribution in [0.1, 0.15) is 31.1 Å². The van der Waals surface area contributed by atoms with Gasteiger partial charge in [0.1, 0.15) is 11.6 Å². The second-order valence-electron chi connectivity index (χ2n) is 5.26. The van der Waals surface area contributed by atoms with Gasteiger partial charge in [0.2, 0.25) is 0 Å². The van der Waals surface area contributed by atoms with Crippen LogP contribution in [0.2, 0.25) is 0 Å². The molecule has 1 unspecified atom stereocenters. The third-order valence-electron chi connectivity index (χ3n) is 2.30. The average Bonchev–Trinajstić information content (AvgIpc) is 2.33. The molecular formula is C14H18BrNO4. The van der Waals surface area contributed by atoms with E-state index >= 15 is 0 Å². The molecule has 0 aliphatic carbocycles. The van der Waals surface area contributed by atoms with Gasteiger partial charge in [0.05, 0.1) is 6.61 Å². The molecule has 0 radical (unpaired) electrons. The molecule has 1 aromatic carbocycles. The van der Waals surface area contributed by atoms with Crippen molar-refractivity contribution in [1.82, 2.24) is 5.32 Å². The number of carbonyl (C=O) groups is 2. The van der Waals surface area contributed by atoms with Crippen LogP contribution in [-0.2, 0) is 4.74 Å². The van der Waals surface area contributed by atoms with E-state index in [1.807, 2.05) is 0 Å². The van der Waals surface area contributed by atoms with Crippen molar-refractivity contribution in [2.24, 2.45) is 0 Å². The second kappa shape index (κ2) is 6.85. The molecule has 0 heterocycles. The van der Waals surface area contributed by atoms with E-state index in [0.717, 1.165) is 4.47 Å². The van der Waals surface area contributed by atoms with Crippen LogP contribution in [0.25, 0.3) is 0 Å². The molecule has 110 valence electrons. The van der Waals surface area contributed by atoms with Crippen LogP contribution < -0.4 is 5.32 Å². The number of hydrogen-bond donors (Lipinski definition) is 2. The molecule has 1 amide bonds. The monoisotopic (exact) mass is 343 g/mol. The number of amides is 1. The molecule has 0 aliphatic rings. The minimum absolute atomic E-state index is 0.375. The lowest BCUT2D eigenvalue weighted by Crippen LogP contribution is -2.45. The Bertz CT molecular complexity index is 496. The first-order valence-corrected chi connectivity index (χ1v) is 6.92. The first-order valence-electron chi connectivity index (χ1n) is 6.13. The minimum atomic E-state index is -1.03. The van der Waals surface area contributed by atoms with E-state index in [-0.39, 0.29) is 5.78 Å². The summed E-state index contributed by atoms with van der Waals surface area (Å²) in [7, 11) is 0. The summed E-state index contributed by atoms with van der Waals surface area (Å²) in [5.74, 6) is -0.375. The Kier molecular flexibility index (Phi) is 5.71. The van der Waals surface area contributed by atoms with E-state index in [2.05, 4.69) is 21.2 Å². The maximum absolute atomic E-state index is 12.2. The quantitative estimate of drug-likeness (QED) is 0.823. The van der Waals surface area contributed by atoms with E-state index < -0.39 is 24.3 Å². The van der Waals surface area contributed by atoms with Crippen LogP contribution in [0.15, 0.2) is 28.7 Å². The molecule has 1 aromatic rings. The van der Waals surface area contributed by atoms with E-state index in [0.29, 0.717) is 5.56 Å². The Balaban J connectivity index is 2.76. The fourth-order valence-electron chi connectivity index (χ4n) is 1.49. The normalized spacial score (nSPS) is 12.7. The first-order chi connectivity index (χ1) is 9.23. The molecular weight excluding hydrogens is 326 g/mol. The summed E-state index contributed by atoms with van der Waals surface area (Å²) in [5, 5.41) is 11.6. The largest absolute Gasteiger partial charge is 0.444 e. The summed E-state index contributed by atoms with van der Waals surface area (Å²) < 4.78 is 5.80. The van der Waals surface area contributed by atoms with Crippen LogP contribution in [0.3, 0.4) is 0 Å². The third kappa shape index (κ3) is 5.30. The van der Waals surface area contributed by atoms with Gasteiger partial charge in [-0.25, -0.2) is 4.79 Å². The van der Waals surface area contributed by atoms with E-state index in [1.165, 1.54) is 0 Å². The molecule has 2 N–H and O–H groups in total. The number of ether oxygens (including phenoxy) is 1. The van der Waals surface area contributed by atoms with Crippen LogP contribution in [0.5, 0.6) is 0 Å². The van der Waals surface area contributed by atoms with Crippen molar-refractivity contribution in [1.29, 1.82) is 0 Å². The Morgan fingerprint density at radius 1 is 1.40 bits per heavy atom. The summed E-state index contributed by atoms with van der Waals surface area (Å²) >= 11 is 3.27. The highest BCUT2D eigenvalue weighted by atomic mass is 79.9. The van der Waals surface area contributed by atoms with Gasteiger partial charge >= 0.3 is 6.09 Å². The molecule has 6 heteroatoms. The molecule has 0 aliphatic heterocycles. The number of rotatable bonds is 4. The van der Waals surface area contributed by atoms with Gasteiger partial charge in [-0.3, -0.25) is 4.79 Å². The lowest BCUT2D eigenvalue weighted by Gasteiger charge is -2.22. The third-order valence-corrected chi connectivity index (χ3v) is 2.79. The lowest BCUT2D eigenvalue weighted by atomic mass is 10.1. The van der Waals surface area contributed by atoms with Crippen molar-refractivity contribution in [3.63, 3.8) is 0 Å². The molecule has 0 saturated heterocycles. The van der Waals surface area contributed by atoms with Crippen molar-refractivity contribution in [3.05, 3.63) is 34.3 Å². The first kappa shape index (κ1) is 16.7. The van der Waals surface area contributed by atoms with Gasteiger partial charge in [-0.2, -0.15) is 0 Å². The van der Waals surface area contributed by atoms with Crippen molar-refractivity contribution < 1.29 is 19.4 Å². The number of benzene rings is 1. The number of alkyl carbamates (subject to hydrolysis) is 1. The molecule has 0 aromatic heterocycles. The number of ketones is 1. The molecule has 0 fully saturated rings. The van der Waals surface area contributed by atoms with Crippen molar-refractivity contribution >= 4 is 27.8 Å². The summed E-state index contributed by atoms with van der Waals surface area (Å²) in [4.78, 5) is 23.8. The summed E-state index contributed by atoms with van der Waals surface area (Å²) in [6.45, 7) is 4.66. The molecule has 20 heavy (non-hydrogen) atoms. The molecule has 0 bridgehead atoms. The maximum atomic E-state index is 12.2. The predicted molar refractivity (Wildman–Crippen MR) is 78.7 cm³/mol. The Labute approximate surface area is 126 Å². The van der Waals surface area contributed by atoms with Crippen LogP contribution in [0, 0.1) is 0 Å². The number of aliphatic hydroxyl groups excluding tert-OH is 1.